The molecule has 0 aliphatic heterocycles. The van der Waals surface area contributed by atoms with Crippen molar-refractivity contribution < 1.29 is 5.21 Å². The van der Waals surface area contributed by atoms with Gasteiger partial charge in [0.05, 0.1) is 6.20 Å². The number of nitrogens with one attached hydrogen (secondary N) is 1. The second-order valence-electron chi connectivity index (χ2n) is 4.16. The molecular formula is C11H21N5O. The van der Waals surface area contributed by atoms with Crippen molar-refractivity contribution in [3.8, 4) is 0 Å². The Morgan fingerprint density at radius 2 is 2.41 bits per heavy atom. The average molecular weight is 239 g/mol. The molecule has 4 N–H and O–H groups in total. The number of amidine groups is 1. The molecule has 0 spiro atoms. The molecule has 1 atom stereocenters. The third kappa shape index (κ3) is 3.74. The summed E-state index contributed by atoms with van der Waals surface area (Å²) in [5.41, 5.74) is 7.82. The van der Waals surface area contributed by atoms with Gasteiger partial charge in [0.2, 0.25) is 0 Å². The highest BCUT2D eigenvalue weighted by molar-refractivity contribution is 5.80. The molecule has 0 radical (unpaired) electrons. The van der Waals surface area contributed by atoms with Gasteiger partial charge in [0.25, 0.3) is 0 Å². The van der Waals surface area contributed by atoms with Crippen LogP contribution >= 0.6 is 0 Å². The molecule has 17 heavy (non-hydrogen) atoms. The van der Waals surface area contributed by atoms with E-state index >= 15 is 0 Å². The third-order valence-corrected chi connectivity index (χ3v) is 2.99. The highest BCUT2D eigenvalue weighted by Gasteiger charge is 2.10. The van der Waals surface area contributed by atoms with Gasteiger partial charge in [-0.05, 0) is 13.3 Å². The SMILES string of the molecule is CCC(CC(N)=NO)NCc1cnn(C)c1C. The lowest BCUT2D eigenvalue weighted by Crippen LogP contribution is -2.32. The highest BCUT2D eigenvalue weighted by Crippen LogP contribution is 2.06. The molecular weight excluding hydrogens is 218 g/mol. The smallest absolute Gasteiger partial charge is 0.140 e. The van der Waals surface area contributed by atoms with Crippen LogP contribution in [0.3, 0.4) is 0 Å². The van der Waals surface area contributed by atoms with E-state index in [1.807, 2.05) is 24.9 Å². The summed E-state index contributed by atoms with van der Waals surface area (Å²) in [5, 5.41) is 19.1. The van der Waals surface area contributed by atoms with Gasteiger partial charge in [-0.2, -0.15) is 5.10 Å². The first-order valence-corrected chi connectivity index (χ1v) is 5.75. The van der Waals surface area contributed by atoms with Gasteiger partial charge in [0.1, 0.15) is 5.84 Å². The lowest BCUT2D eigenvalue weighted by Gasteiger charge is -2.15. The molecule has 6 heteroatoms. The van der Waals surface area contributed by atoms with Crippen LogP contribution in [-0.2, 0) is 13.6 Å². The fourth-order valence-electron chi connectivity index (χ4n) is 1.63. The van der Waals surface area contributed by atoms with Crippen molar-refractivity contribution in [3.63, 3.8) is 0 Å². The number of aryl methyl sites for hydroxylation is 1. The summed E-state index contributed by atoms with van der Waals surface area (Å²) in [6, 6.07) is 0.213. The third-order valence-electron chi connectivity index (χ3n) is 2.99. The zero-order valence-corrected chi connectivity index (χ0v) is 10.6. The Labute approximate surface area is 101 Å². The Hall–Kier alpha value is -1.56. The predicted octanol–water partition coefficient (Wildman–Crippen LogP) is 0.733. The molecule has 1 unspecified atom stereocenters. The Balaban J connectivity index is 2.50. The Morgan fingerprint density at radius 1 is 1.71 bits per heavy atom. The first-order chi connectivity index (χ1) is 8.08. The van der Waals surface area contributed by atoms with Crippen LogP contribution in [0.25, 0.3) is 0 Å². The molecule has 1 aromatic rings. The van der Waals surface area contributed by atoms with Gasteiger partial charge in [-0.1, -0.05) is 12.1 Å². The second-order valence-corrected chi connectivity index (χ2v) is 4.16. The van der Waals surface area contributed by atoms with Crippen molar-refractivity contribution in [1.29, 1.82) is 0 Å². The molecule has 0 aliphatic rings. The lowest BCUT2D eigenvalue weighted by molar-refractivity contribution is 0.315. The summed E-state index contributed by atoms with van der Waals surface area (Å²) in [4.78, 5) is 0. The first kappa shape index (κ1) is 13.5. The molecule has 0 bridgehead atoms. The van der Waals surface area contributed by atoms with Crippen molar-refractivity contribution in [2.45, 2.75) is 39.3 Å². The number of oxime groups is 1. The largest absolute Gasteiger partial charge is 0.409 e. The van der Waals surface area contributed by atoms with E-state index in [0.717, 1.165) is 18.7 Å². The highest BCUT2D eigenvalue weighted by atomic mass is 16.4. The summed E-state index contributed by atoms with van der Waals surface area (Å²) in [6.07, 6.45) is 3.33. The molecule has 96 valence electrons. The van der Waals surface area contributed by atoms with E-state index in [2.05, 4.69) is 22.5 Å². The zero-order valence-electron chi connectivity index (χ0n) is 10.6. The van der Waals surface area contributed by atoms with Gasteiger partial charge in [-0.15, -0.1) is 0 Å². The fourth-order valence-corrected chi connectivity index (χ4v) is 1.63. The van der Waals surface area contributed by atoms with E-state index in [4.69, 9.17) is 10.9 Å². The molecule has 0 aliphatic carbocycles. The minimum absolute atomic E-state index is 0.213. The molecule has 1 rings (SSSR count). The maximum atomic E-state index is 8.53. The van der Waals surface area contributed by atoms with Crippen LogP contribution in [0.5, 0.6) is 0 Å². The van der Waals surface area contributed by atoms with Crippen LogP contribution in [0.15, 0.2) is 11.4 Å². The quantitative estimate of drug-likeness (QED) is 0.295. The fraction of sp³-hybridized carbons (Fsp3) is 0.636. The lowest BCUT2D eigenvalue weighted by atomic mass is 10.1. The van der Waals surface area contributed by atoms with Crippen LogP contribution in [0.2, 0.25) is 0 Å². The van der Waals surface area contributed by atoms with Crippen LogP contribution in [0.4, 0.5) is 0 Å². The molecule has 0 aromatic carbocycles. The van der Waals surface area contributed by atoms with Crippen molar-refractivity contribution >= 4 is 5.84 Å². The van der Waals surface area contributed by atoms with E-state index in [9.17, 15) is 0 Å². The van der Waals surface area contributed by atoms with Gasteiger partial charge in [-0.3, -0.25) is 4.68 Å². The van der Waals surface area contributed by atoms with Crippen molar-refractivity contribution in [2.24, 2.45) is 17.9 Å². The standard InChI is InChI=1S/C11H21N5O/c1-4-10(5-11(12)15-17)13-6-9-7-14-16(3)8(9)2/h7,10,13,17H,4-6H2,1-3H3,(H2,12,15). The number of aromatic nitrogens is 2. The van der Waals surface area contributed by atoms with Crippen molar-refractivity contribution in [2.75, 3.05) is 0 Å². The number of hydrogen-bond donors (Lipinski definition) is 3. The van der Waals surface area contributed by atoms with E-state index < -0.39 is 0 Å². The molecule has 0 saturated heterocycles. The van der Waals surface area contributed by atoms with Gasteiger partial charge in [0, 0.05) is 37.3 Å². The monoisotopic (exact) mass is 239 g/mol. The Morgan fingerprint density at radius 3 is 2.88 bits per heavy atom. The number of hydrogen-bond acceptors (Lipinski definition) is 4. The van der Waals surface area contributed by atoms with Crippen LogP contribution in [0.1, 0.15) is 31.0 Å². The molecule has 0 saturated carbocycles. The Kier molecular flexibility index (Phi) is 4.96. The normalized spacial score (nSPS) is 13.9. The van der Waals surface area contributed by atoms with Crippen molar-refractivity contribution in [1.82, 2.24) is 15.1 Å². The molecule has 0 fully saturated rings. The number of nitrogens with two attached hydrogens (primary N) is 1. The average Bonchev–Trinajstić information content (AvgIpc) is 2.65. The van der Waals surface area contributed by atoms with Gasteiger partial charge < -0.3 is 16.3 Å². The molecule has 0 amide bonds. The van der Waals surface area contributed by atoms with Crippen LogP contribution in [0, 0.1) is 6.92 Å². The summed E-state index contributed by atoms with van der Waals surface area (Å²) in [7, 11) is 1.92. The predicted molar refractivity (Wildman–Crippen MR) is 66.9 cm³/mol. The van der Waals surface area contributed by atoms with E-state index in [1.165, 1.54) is 5.56 Å². The zero-order chi connectivity index (χ0) is 12.8. The van der Waals surface area contributed by atoms with Gasteiger partial charge in [-0.25, -0.2) is 0 Å². The summed E-state index contributed by atoms with van der Waals surface area (Å²) >= 11 is 0. The van der Waals surface area contributed by atoms with E-state index in [1.54, 1.807) is 0 Å². The number of rotatable bonds is 6. The van der Waals surface area contributed by atoms with Crippen LogP contribution in [-0.4, -0.2) is 26.9 Å². The van der Waals surface area contributed by atoms with Gasteiger partial charge >= 0.3 is 0 Å². The molecule has 1 aromatic heterocycles. The van der Waals surface area contributed by atoms with Gasteiger partial charge in [0.15, 0.2) is 0 Å². The summed E-state index contributed by atoms with van der Waals surface area (Å²) < 4.78 is 1.85. The topological polar surface area (TPSA) is 88.5 Å². The summed E-state index contributed by atoms with van der Waals surface area (Å²) in [6.45, 7) is 4.85. The molecule has 1 heterocycles. The minimum atomic E-state index is 0.213. The molecule has 6 nitrogen and oxygen atoms in total. The van der Waals surface area contributed by atoms with E-state index in [0.29, 0.717) is 6.42 Å². The minimum Gasteiger partial charge on any atom is -0.409 e. The van der Waals surface area contributed by atoms with E-state index in [-0.39, 0.29) is 11.9 Å². The number of nitrogens with zero attached hydrogens (tertiary/aromatic N) is 3. The summed E-state index contributed by atoms with van der Waals surface area (Å²) in [5.74, 6) is 0.257. The van der Waals surface area contributed by atoms with Crippen LogP contribution < -0.4 is 11.1 Å². The second kappa shape index (κ2) is 6.24. The Bertz CT molecular complexity index is 385. The maximum absolute atomic E-state index is 8.53. The first-order valence-electron chi connectivity index (χ1n) is 5.75. The van der Waals surface area contributed by atoms with Crippen molar-refractivity contribution in [3.05, 3.63) is 17.5 Å². The maximum Gasteiger partial charge on any atom is 0.140 e.